The quantitative estimate of drug-likeness (QED) is 0.360. The van der Waals surface area contributed by atoms with Crippen molar-refractivity contribution in [3.63, 3.8) is 0 Å². The molecule has 0 spiro atoms. The van der Waals surface area contributed by atoms with E-state index in [1.54, 1.807) is 24.3 Å². The Morgan fingerprint density at radius 2 is 1.75 bits per heavy atom. The van der Waals surface area contributed by atoms with Crippen LogP contribution in [0, 0.1) is 24.0 Å². The molecule has 144 valence electrons. The molecular formula is C18H13Cl3N4O3. The van der Waals surface area contributed by atoms with Gasteiger partial charge in [0.1, 0.15) is 12.1 Å². The molecule has 1 aromatic heterocycles. The summed E-state index contributed by atoms with van der Waals surface area (Å²) >= 11 is 18.2. The molecule has 0 aliphatic carbocycles. The molecule has 0 amide bonds. The van der Waals surface area contributed by atoms with Gasteiger partial charge in [0, 0.05) is 10.0 Å². The Kier molecular flexibility index (Phi) is 5.88. The Morgan fingerprint density at radius 3 is 2.36 bits per heavy atom. The molecule has 3 aromatic rings. The van der Waals surface area contributed by atoms with E-state index in [4.69, 9.17) is 39.5 Å². The zero-order valence-corrected chi connectivity index (χ0v) is 16.9. The summed E-state index contributed by atoms with van der Waals surface area (Å²) in [5, 5.41) is 15.8. The minimum absolute atomic E-state index is 0.0679. The number of benzene rings is 2. The first-order valence-electron chi connectivity index (χ1n) is 7.92. The van der Waals surface area contributed by atoms with Crippen molar-refractivity contribution in [2.24, 2.45) is 0 Å². The maximum Gasteiger partial charge on any atom is 0.373 e. The summed E-state index contributed by atoms with van der Waals surface area (Å²) in [6.07, 6.45) is 1.16. The van der Waals surface area contributed by atoms with E-state index in [0.29, 0.717) is 21.5 Å². The predicted octanol–water partition coefficient (Wildman–Crippen LogP) is 6.50. The van der Waals surface area contributed by atoms with Crippen LogP contribution in [0.25, 0.3) is 0 Å². The molecule has 0 saturated carbocycles. The number of hydrogen-bond acceptors (Lipinski definition) is 6. The monoisotopic (exact) mass is 438 g/mol. The van der Waals surface area contributed by atoms with Crippen LogP contribution in [0.1, 0.15) is 11.1 Å². The van der Waals surface area contributed by atoms with Gasteiger partial charge in [-0.2, -0.15) is 4.98 Å². The first-order valence-corrected chi connectivity index (χ1v) is 9.05. The van der Waals surface area contributed by atoms with Gasteiger partial charge < -0.3 is 10.1 Å². The molecule has 28 heavy (non-hydrogen) atoms. The normalized spacial score (nSPS) is 10.6. The molecule has 0 unspecified atom stereocenters. The highest BCUT2D eigenvalue weighted by molar-refractivity contribution is 6.36. The minimum Gasteiger partial charge on any atom is -0.434 e. The number of anilines is 2. The lowest BCUT2D eigenvalue weighted by atomic mass is 10.1. The van der Waals surface area contributed by atoms with Gasteiger partial charge in [-0.1, -0.05) is 34.8 Å². The van der Waals surface area contributed by atoms with E-state index in [0.717, 1.165) is 17.5 Å². The summed E-state index contributed by atoms with van der Waals surface area (Å²) in [5.74, 6) is 0.0898. The summed E-state index contributed by atoms with van der Waals surface area (Å²) < 4.78 is 5.67. The lowest BCUT2D eigenvalue weighted by Crippen LogP contribution is -2.04. The third kappa shape index (κ3) is 4.27. The van der Waals surface area contributed by atoms with Gasteiger partial charge in [-0.3, -0.25) is 10.1 Å². The van der Waals surface area contributed by atoms with Crippen molar-refractivity contribution in [1.82, 2.24) is 9.97 Å². The molecule has 0 atom stereocenters. The number of rotatable bonds is 5. The summed E-state index contributed by atoms with van der Waals surface area (Å²) in [5.41, 5.74) is 1.52. The first kappa shape index (κ1) is 20.1. The van der Waals surface area contributed by atoms with Crippen LogP contribution in [0.4, 0.5) is 17.2 Å². The number of nitrogens with zero attached hydrogens (tertiary/aromatic N) is 3. The van der Waals surface area contributed by atoms with E-state index in [-0.39, 0.29) is 16.7 Å². The fourth-order valence-electron chi connectivity index (χ4n) is 2.49. The number of nitro groups is 1. The van der Waals surface area contributed by atoms with Crippen LogP contribution in [0.5, 0.6) is 11.6 Å². The largest absolute Gasteiger partial charge is 0.434 e. The summed E-state index contributed by atoms with van der Waals surface area (Å²) in [7, 11) is 0. The van der Waals surface area contributed by atoms with Gasteiger partial charge >= 0.3 is 11.6 Å². The van der Waals surface area contributed by atoms with Crippen molar-refractivity contribution in [2.45, 2.75) is 13.8 Å². The van der Waals surface area contributed by atoms with E-state index >= 15 is 0 Å². The van der Waals surface area contributed by atoms with Gasteiger partial charge in [0.15, 0.2) is 0 Å². The molecule has 7 nitrogen and oxygen atoms in total. The summed E-state index contributed by atoms with van der Waals surface area (Å²) in [4.78, 5) is 18.9. The van der Waals surface area contributed by atoms with Crippen molar-refractivity contribution in [1.29, 1.82) is 0 Å². The number of aromatic nitrogens is 2. The highest BCUT2D eigenvalue weighted by atomic mass is 35.5. The van der Waals surface area contributed by atoms with Gasteiger partial charge in [-0.25, -0.2) is 4.98 Å². The highest BCUT2D eigenvalue weighted by Gasteiger charge is 2.26. The average molecular weight is 440 g/mol. The van der Waals surface area contributed by atoms with Crippen molar-refractivity contribution in [3.05, 3.63) is 73.0 Å². The maximum absolute atomic E-state index is 11.7. The Hall–Kier alpha value is -2.61. The zero-order chi connectivity index (χ0) is 20.4. The van der Waals surface area contributed by atoms with Gasteiger partial charge in [0.05, 0.1) is 15.6 Å². The molecule has 2 aromatic carbocycles. The van der Waals surface area contributed by atoms with Crippen molar-refractivity contribution in [2.75, 3.05) is 5.32 Å². The Morgan fingerprint density at radius 1 is 1.07 bits per heavy atom. The molecule has 0 aliphatic rings. The number of halogens is 3. The number of aryl methyl sites for hydroxylation is 2. The smallest absolute Gasteiger partial charge is 0.373 e. The van der Waals surface area contributed by atoms with Crippen LogP contribution < -0.4 is 10.1 Å². The predicted molar refractivity (Wildman–Crippen MR) is 109 cm³/mol. The van der Waals surface area contributed by atoms with E-state index in [2.05, 4.69) is 15.3 Å². The van der Waals surface area contributed by atoms with E-state index < -0.39 is 10.6 Å². The molecule has 0 bridgehead atoms. The average Bonchev–Trinajstić information content (AvgIpc) is 2.62. The second kappa shape index (κ2) is 8.18. The van der Waals surface area contributed by atoms with Gasteiger partial charge in [0.2, 0.25) is 5.82 Å². The number of ether oxygens (including phenoxy) is 1. The van der Waals surface area contributed by atoms with E-state index in [9.17, 15) is 10.1 Å². The fraction of sp³-hybridized carbons (Fsp3) is 0.111. The number of hydrogen-bond donors (Lipinski definition) is 1. The lowest BCUT2D eigenvalue weighted by Gasteiger charge is -2.12. The summed E-state index contributed by atoms with van der Waals surface area (Å²) in [6.45, 7) is 3.62. The van der Waals surface area contributed by atoms with Crippen LogP contribution in [0.15, 0.2) is 36.7 Å². The minimum atomic E-state index is -0.628. The zero-order valence-electron chi connectivity index (χ0n) is 14.7. The Labute approximate surface area is 175 Å². The molecule has 0 saturated heterocycles. The van der Waals surface area contributed by atoms with Gasteiger partial charge in [0.25, 0.3) is 0 Å². The van der Waals surface area contributed by atoms with Crippen LogP contribution in [-0.4, -0.2) is 14.9 Å². The Bertz CT molecular complexity index is 1050. The van der Waals surface area contributed by atoms with Crippen molar-refractivity contribution >= 4 is 52.0 Å². The maximum atomic E-state index is 11.7. The fourth-order valence-corrected chi connectivity index (χ4v) is 3.05. The summed E-state index contributed by atoms with van der Waals surface area (Å²) in [6, 6.07) is 8.03. The molecule has 10 heteroatoms. The van der Waals surface area contributed by atoms with Crippen LogP contribution in [0.3, 0.4) is 0 Å². The molecule has 1 N–H and O–H groups in total. The molecule has 0 fully saturated rings. The second-order valence-electron chi connectivity index (χ2n) is 5.86. The topological polar surface area (TPSA) is 90.2 Å². The van der Waals surface area contributed by atoms with Crippen molar-refractivity contribution < 1.29 is 9.66 Å². The molecule has 0 aliphatic heterocycles. The van der Waals surface area contributed by atoms with E-state index in [1.165, 1.54) is 6.07 Å². The van der Waals surface area contributed by atoms with Gasteiger partial charge in [-0.15, -0.1) is 0 Å². The molecule has 1 heterocycles. The number of nitrogens with one attached hydrogen (secondary N) is 1. The second-order valence-corrected chi connectivity index (χ2v) is 7.08. The third-order valence-corrected chi connectivity index (χ3v) is 4.92. The van der Waals surface area contributed by atoms with Crippen LogP contribution in [-0.2, 0) is 0 Å². The van der Waals surface area contributed by atoms with Gasteiger partial charge in [-0.05, 0) is 55.3 Å². The molecule has 0 radical (unpaired) electrons. The highest BCUT2D eigenvalue weighted by Crippen LogP contribution is 2.38. The molecular weight excluding hydrogens is 427 g/mol. The van der Waals surface area contributed by atoms with Crippen LogP contribution >= 0.6 is 34.8 Å². The molecule has 3 rings (SSSR count). The third-order valence-electron chi connectivity index (χ3n) is 3.78. The SMILES string of the molecule is Cc1cc(Oc2ncnc(Nc3ccc(Cl)cc3Cl)c2[N+](=O)[O-])cc(C)c1Cl. The first-order chi connectivity index (χ1) is 13.3. The Balaban J connectivity index is 2.01. The van der Waals surface area contributed by atoms with E-state index in [1.807, 2.05) is 13.8 Å². The van der Waals surface area contributed by atoms with Crippen LogP contribution in [0.2, 0.25) is 15.1 Å². The van der Waals surface area contributed by atoms with Crippen molar-refractivity contribution in [3.8, 4) is 11.6 Å². The standard InChI is InChI=1S/C18H13Cl3N4O3/c1-9-5-12(6-10(2)15(9)21)28-18-16(25(26)27)17(22-8-23-18)24-14-4-3-11(19)7-13(14)20/h3-8H,1-2H3,(H,22,23,24). The lowest BCUT2D eigenvalue weighted by molar-refractivity contribution is -0.385.